The van der Waals surface area contributed by atoms with Crippen LogP contribution in [0.1, 0.15) is 18.4 Å². The number of halogens is 1. The highest BCUT2D eigenvalue weighted by molar-refractivity contribution is 7.89. The fourth-order valence-corrected chi connectivity index (χ4v) is 3.30. The van der Waals surface area contributed by atoms with Gasteiger partial charge in [-0.25, -0.2) is 17.1 Å². The molecule has 0 aromatic heterocycles. The lowest BCUT2D eigenvalue weighted by molar-refractivity contribution is 0.278. The average Bonchev–Trinajstić information content (AvgIpc) is 3.12. The van der Waals surface area contributed by atoms with Gasteiger partial charge in [-0.15, -0.1) is 0 Å². The van der Waals surface area contributed by atoms with Gasteiger partial charge in [-0.3, -0.25) is 0 Å². The highest BCUT2D eigenvalue weighted by atomic mass is 32.2. The molecule has 0 aliphatic heterocycles. The number of hydrogen-bond donors (Lipinski definition) is 1. The number of rotatable bonds is 5. The molecule has 1 aliphatic rings. The number of hydrogen-bond acceptors (Lipinski definition) is 3. The summed E-state index contributed by atoms with van der Waals surface area (Å²) in [5.41, 5.74) is 0.221. The number of aliphatic hydroxyl groups is 1. The van der Waals surface area contributed by atoms with Gasteiger partial charge in [0.05, 0.1) is 11.5 Å². The largest absolute Gasteiger partial charge is 0.392 e. The van der Waals surface area contributed by atoms with E-state index in [0.29, 0.717) is 12.5 Å². The third kappa shape index (κ3) is 2.71. The molecular weight excluding hydrogens is 257 g/mol. The molecule has 1 fully saturated rings. The third-order valence-electron chi connectivity index (χ3n) is 3.10. The Labute approximate surface area is 106 Å². The normalized spacial score (nSPS) is 16.2. The molecular formula is C12H16FNO3S. The van der Waals surface area contributed by atoms with Crippen molar-refractivity contribution < 1.29 is 17.9 Å². The van der Waals surface area contributed by atoms with Crippen molar-refractivity contribution in [1.82, 2.24) is 4.31 Å². The van der Waals surface area contributed by atoms with Gasteiger partial charge < -0.3 is 5.11 Å². The number of benzene rings is 1. The number of nitrogens with zero attached hydrogens (tertiary/aromatic N) is 1. The Hall–Kier alpha value is -0.980. The maximum absolute atomic E-state index is 13.2. The van der Waals surface area contributed by atoms with Crippen molar-refractivity contribution in [2.45, 2.75) is 24.3 Å². The Balaban J connectivity index is 2.35. The second kappa shape index (κ2) is 4.95. The first-order valence-corrected chi connectivity index (χ1v) is 7.25. The van der Waals surface area contributed by atoms with Gasteiger partial charge in [0, 0.05) is 13.6 Å². The summed E-state index contributed by atoms with van der Waals surface area (Å²) < 4.78 is 39.0. The van der Waals surface area contributed by atoms with Crippen LogP contribution in [0, 0.1) is 11.7 Å². The summed E-state index contributed by atoms with van der Waals surface area (Å²) in [6.45, 7) is 0.0236. The fraction of sp³-hybridized carbons (Fsp3) is 0.500. The molecule has 18 heavy (non-hydrogen) atoms. The van der Waals surface area contributed by atoms with Crippen LogP contribution in [0.25, 0.3) is 0 Å². The van der Waals surface area contributed by atoms with E-state index in [-0.39, 0.29) is 10.5 Å². The monoisotopic (exact) mass is 273 g/mol. The molecule has 1 N–H and O–H groups in total. The third-order valence-corrected chi connectivity index (χ3v) is 5.01. The van der Waals surface area contributed by atoms with E-state index >= 15 is 0 Å². The predicted molar refractivity (Wildman–Crippen MR) is 64.9 cm³/mol. The molecule has 2 rings (SSSR count). The van der Waals surface area contributed by atoms with Crippen LogP contribution < -0.4 is 0 Å². The van der Waals surface area contributed by atoms with Gasteiger partial charge in [0.15, 0.2) is 0 Å². The molecule has 0 amide bonds. The van der Waals surface area contributed by atoms with E-state index in [9.17, 15) is 12.8 Å². The van der Waals surface area contributed by atoms with Crippen LogP contribution in [-0.4, -0.2) is 31.4 Å². The smallest absolute Gasteiger partial charge is 0.243 e. The van der Waals surface area contributed by atoms with Crippen LogP contribution in [-0.2, 0) is 16.6 Å². The van der Waals surface area contributed by atoms with Gasteiger partial charge in [-0.1, -0.05) is 6.07 Å². The molecule has 6 heteroatoms. The zero-order valence-corrected chi connectivity index (χ0v) is 11.0. The fourth-order valence-electron chi connectivity index (χ4n) is 1.83. The Kier molecular flexibility index (Phi) is 3.70. The van der Waals surface area contributed by atoms with Crippen molar-refractivity contribution in [2.24, 2.45) is 5.92 Å². The maximum Gasteiger partial charge on any atom is 0.243 e. The molecule has 0 unspecified atom stereocenters. The Morgan fingerprint density at radius 2 is 2.11 bits per heavy atom. The Morgan fingerprint density at radius 1 is 1.44 bits per heavy atom. The maximum atomic E-state index is 13.2. The van der Waals surface area contributed by atoms with E-state index in [1.165, 1.54) is 17.4 Å². The zero-order chi connectivity index (χ0) is 13.3. The lowest BCUT2D eigenvalue weighted by Crippen LogP contribution is -2.29. The molecule has 1 aliphatic carbocycles. The van der Waals surface area contributed by atoms with E-state index in [1.807, 2.05) is 0 Å². The minimum Gasteiger partial charge on any atom is -0.392 e. The Morgan fingerprint density at radius 3 is 2.67 bits per heavy atom. The van der Waals surface area contributed by atoms with Gasteiger partial charge in [-0.05, 0) is 36.5 Å². The van der Waals surface area contributed by atoms with Crippen LogP contribution in [0.4, 0.5) is 4.39 Å². The van der Waals surface area contributed by atoms with Gasteiger partial charge in [0.1, 0.15) is 5.82 Å². The van der Waals surface area contributed by atoms with Gasteiger partial charge in [-0.2, -0.15) is 0 Å². The van der Waals surface area contributed by atoms with Crippen molar-refractivity contribution in [2.75, 3.05) is 13.6 Å². The first-order chi connectivity index (χ1) is 8.45. The van der Waals surface area contributed by atoms with Crippen molar-refractivity contribution in [3.63, 3.8) is 0 Å². The lowest BCUT2D eigenvalue weighted by Gasteiger charge is -2.18. The van der Waals surface area contributed by atoms with Crippen LogP contribution in [0.15, 0.2) is 23.1 Å². The SMILES string of the molecule is CN(CC1CC1)S(=O)(=O)c1cc(F)ccc1CO. The Bertz CT molecular complexity index is 540. The van der Waals surface area contributed by atoms with E-state index in [4.69, 9.17) is 5.11 Å². The quantitative estimate of drug-likeness (QED) is 0.881. The van der Waals surface area contributed by atoms with E-state index in [0.717, 1.165) is 25.0 Å². The molecule has 0 radical (unpaired) electrons. The molecule has 0 spiro atoms. The first kappa shape index (κ1) is 13.5. The van der Waals surface area contributed by atoms with Crippen LogP contribution in [0.2, 0.25) is 0 Å². The molecule has 0 saturated heterocycles. The summed E-state index contributed by atoms with van der Waals surface area (Å²) >= 11 is 0. The lowest BCUT2D eigenvalue weighted by atomic mass is 10.2. The summed E-state index contributed by atoms with van der Waals surface area (Å²) in [6, 6.07) is 3.41. The first-order valence-electron chi connectivity index (χ1n) is 5.81. The van der Waals surface area contributed by atoms with Crippen molar-refractivity contribution >= 4 is 10.0 Å². The molecule has 1 aromatic carbocycles. The molecule has 0 atom stereocenters. The summed E-state index contributed by atoms with van der Waals surface area (Å²) in [5, 5.41) is 9.14. The van der Waals surface area contributed by atoms with Crippen molar-refractivity contribution in [3.8, 4) is 0 Å². The molecule has 100 valence electrons. The van der Waals surface area contributed by atoms with E-state index in [1.54, 1.807) is 0 Å². The molecule has 4 nitrogen and oxygen atoms in total. The standard InChI is InChI=1S/C12H16FNO3S/c1-14(7-9-2-3-9)18(16,17)12-6-11(13)5-4-10(12)8-15/h4-6,9,15H,2-3,7-8H2,1H3. The van der Waals surface area contributed by atoms with Crippen LogP contribution in [0.5, 0.6) is 0 Å². The second-order valence-electron chi connectivity index (χ2n) is 4.64. The zero-order valence-electron chi connectivity index (χ0n) is 10.1. The minimum absolute atomic E-state index is 0.145. The number of sulfonamides is 1. The van der Waals surface area contributed by atoms with Crippen molar-refractivity contribution in [1.29, 1.82) is 0 Å². The average molecular weight is 273 g/mol. The molecule has 0 bridgehead atoms. The van der Waals surface area contributed by atoms with Gasteiger partial charge in [0.2, 0.25) is 10.0 Å². The van der Waals surface area contributed by atoms with Crippen LogP contribution in [0.3, 0.4) is 0 Å². The van der Waals surface area contributed by atoms with Crippen LogP contribution >= 0.6 is 0 Å². The summed E-state index contributed by atoms with van der Waals surface area (Å²) in [7, 11) is -2.24. The summed E-state index contributed by atoms with van der Waals surface area (Å²) in [5.74, 6) is -0.207. The number of aliphatic hydroxyl groups excluding tert-OH is 1. The van der Waals surface area contributed by atoms with Crippen molar-refractivity contribution in [3.05, 3.63) is 29.6 Å². The highest BCUT2D eigenvalue weighted by Gasteiger charge is 2.30. The minimum atomic E-state index is -3.73. The molecule has 1 saturated carbocycles. The molecule has 0 heterocycles. The van der Waals surface area contributed by atoms with Gasteiger partial charge >= 0.3 is 0 Å². The summed E-state index contributed by atoms with van der Waals surface area (Å²) in [4.78, 5) is -0.145. The van der Waals surface area contributed by atoms with Gasteiger partial charge in [0.25, 0.3) is 0 Å². The molecule has 1 aromatic rings. The van der Waals surface area contributed by atoms with E-state index < -0.39 is 22.4 Å². The second-order valence-corrected chi connectivity index (χ2v) is 6.65. The highest BCUT2D eigenvalue weighted by Crippen LogP contribution is 2.31. The predicted octanol–water partition coefficient (Wildman–Crippen LogP) is 1.35. The van der Waals surface area contributed by atoms with E-state index in [2.05, 4.69) is 0 Å². The summed E-state index contributed by atoms with van der Waals surface area (Å²) in [6.07, 6.45) is 2.08. The topological polar surface area (TPSA) is 57.6 Å².